The number of benzene rings is 4. The number of fused-ring (bicyclic) bond motifs is 3. The van der Waals surface area contributed by atoms with Gasteiger partial charge in [0.15, 0.2) is 6.61 Å². The van der Waals surface area contributed by atoms with E-state index >= 15 is 0 Å². The topological polar surface area (TPSA) is 95.7 Å². The number of carbonyl (C=O) groups excluding carboxylic acids is 1. The average molecular weight is 462 g/mol. The van der Waals surface area contributed by atoms with Crippen LogP contribution in [0.5, 0.6) is 5.75 Å². The molecule has 35 heavy (non-hydrogen) atoms. The van der Waals surface area contributed by atoms with E-state index in [0.29, 0.717) is 18.0 Å². The summed E-state index contributed by atoms with van der Waals surface area (Å²) in [6.07, 6.45) is 0.455. The van der Waals surface area contributed by atoms with Crippen molar-refractivity contribution in [3.05, 3.63) is 103 Å². The highest BCUT2D eigenvalue weighted by atomic mass is 16.5. The Labute approximate surface area is 201 Å². The minimum atomic E-state index is -0.407. The second kappa shape index (κ2) is 8.95. The van der Waals surface area contributed by atoms with E-state index < -0.39 is 6.04 Å². The molecule has 3 N–H and O–H groups in total. The van der Waals surface area contributed by atoms with E-state index in [1.165, 1.54) is 0 Å². The lowest BCUT2D eigenvalue weighted by Crippen LogP contribution is -2.34. The highest BCUT2D eigenvalue weighted by molar-refractivity contribution is 5.84. The Balaban J connectivity index is 1.22. The standard InChI is InChI=1S/C28H23N5O2/c34-27(17-35-20-14-13-18-7-1-2-8-19(18)15-20)31-25(28-32-23-11-5-6-12-24(23)33-28)16-26-29-21-9-3-4-10-22(21)30-26/h1-15,25H,16-17H2,(H,29,30)(H,31,34)(H,32,33). The van der Waals surface area contributed by atoms with Crippen molar-refractivity contribution in [2.75, 3.05) is 6.61 Å². The zero-order valence-electron chi connectivity index (χ0n) is 18.9. The number of ether oxygens (including phenoxy) is 1. The summed E-state index contributed by atoms with van der Waals surface area (Å²) in [6, 6.07) is 29.1. The average Bonchev–Trinajstić information content (AvgIpc) is 3.50. The predicted octanol–water partition coefficient (Wildman–Crippen LogP) is 5.07. The van der Waals surface area contributed by atoms with Gasteiger partial charge in [0.1, 0.15) is 17.4 Å². The lowest BCUT2D eigenvalue weighted by Gasteiger charge is -2.16. The highest BCUT2D eigenvalue weighted by Crippen LogP contribution is 2.22. The third-order valence-corrected chi connectivity index (χ3v) is 6.00. The molecule has 7 heteroatoms. The molecule has 1 atom stereocenters. The summed E-state index contributed by atoms with van der Waals surface area (Å²) in [7, 11) is 0. The molecular formula is C28H23N5O2. The molecule has 4 aromatic carbocycles. The van der Waals surface area contributed by atoms with E-state index in [0.717, 1.165) is 38.7 Å². The van der Waals surface area contributed by atoms with Gasteiger partial charge in [-0.25, -0.2) is 9.97 Å². The van der Waals surface area contributed by atoms with Crippen LogP contribution in [0.3, 0.4) is 0 Å². The number of hydrogen-bond acceptors (Lipinski definition) is 4. The molecule has 0 saturated carbocycles. The van der Waals surface area contributed by atoms with Crippen molar-refractivity contribution in [2.24, 2.45) is 0 Å². The first-order chi connectivity index (χ1) is 17.2. The number of aromatic amines is 2. The van der Waals surface area contributed by atoms with Gasteiger partial charge in [0, 0.05) is 6.42 Å². The molecule has 0 aliphatic carbocycles. The first-order valence-corrected chi connectivity index (χ1v) is 11.5. The van der Waals surface area contributed by atoms with Crippen LogP contribution in [0.2, 0.25) is 0 Å². The van der Waals surface area contributed by atoms with E-state index in [-0.39, 0.29) is 12.5 Å². The SMILES string of the molecule is O=C(COc1ccc2ccccc2c1)NC(Cc1nc2ccccc2[nH]1)c1nc2ccccc2[nH]1. The van der Waals surface area contributed by atoms with Crippen LogP contribution in [0.4, 0.5) is 0 Å². The minimum Gasteiger partial charge on any atom is -0.484 e. The van der Waals surface area contributed by atoms with Crippen LogP contribution >= 0.6 is 0 Å². The number of rotatable bonds is 7. The number of carbonyl (C=O) groups is 1. The van der Waals surface area contributed by atoms with E-state index in [1.54, 1.807) is 0 Å². The Morgan fingerprint density at radius 2 is 1.49 bits per heavy atom. The molecule has 0 spiro atoms. The number of hydrogen-bond donors (Lipinski definition) is 3. The summed E-state index contributed by atoms with van der Waals surface area (Å²) >= 11 is 0. The molecule has 0 aliphatic heterocycles. The normalized spacial score (nSPS) is 12.2. The van der Waals surface area contributed by atoms with Gasteiger partial charge in [-0.15, -0.1) is 0 Å². The number of aromatic nitrogens is 4. The van der Waals surface area contributed by atoms with Crippen LogP contribution in [0.1, 0.15) is 17.7 Å². The van der Waals surface area contributed by atoms with Crippen LogP contribution in [-0.4, -0.2) is 32.4 Å². The van der Waals surface area contributed by atoms with Gasteiger partial charge in [-0.1, -0.05) is 54.6 Å². The highest BCUT2D eigenvalue weighted by Gasteiger charge is 2.21. The number of imidazole rings is 2. The second-order valence-electron chi connectivity index (χ2n) is 8.46. The number of H-pyrrole nitrogens is 2. The van der Waals surface area contributed by atoms with Gasteiger partial charge < -0.3 is 20.0 Å². The van der Waals surface area contributed by atoms with Crippen molar-refractivity contribution < 1.29 is 9.53 Å². The Morgan fingerprint density at radius 3 is 2.26 bits per heavy atom. The zero-order chi connectivity index (χ0) is 23.6. The number of nitrogens with zero attached hydrogens (tertiary/aromatic N) is 2. The molecule has 1 amide bonds. The van der Waals surface area contributed by atoms with Crippen molar-refractivity contribution in [2.45, 2.75) is 12.5 Å². The Bertz CT molecular complexity index is 1590. The third-order valence-electron chi connectivity index (χ3n) is 6.00. The lowest BCUT2D eigenvalue weighted by molar-refractivity contribution is -0.123. The number of para-hydroxylation sites is 4. The van der Waals surface area contributed by atoms with Crippen LogP contribution < -0.4 is 10.1 Å². The monoisotopic (exact) mass is 461 g/mol. The predicted molar refractivity (Wildman–Crippen MR) is 136 cm³/mol. The molecule has 0 aliphatic rings. The van der Waals surface area contributed by atoms with Gasteiger partial charge in [-0.05, 0) is 47.2 Å². The molecular weight excluding hydrogens is 438 g/mol. The quantitative estimate of drug-likeness (QED) is 0.309. The molecule has 2 aromatic heterocycles. The Kier molecular flexibility index (Phi) is 5.35. The van der Waals surface area contributed by atoms with Crippen molar-refractivity contribution in [1.29, 1.82) is 0 Å². The smallest absolute Gasteiger partial charge is 0.258 e. The first kappa shape index (κ1) is 20.9. The Hall–Kier alpha value is -4.65. The fourth-order valence-corrected chi connectivity index (χ4v) is 4.29. The molecule has 0 saturated heterocycles. The van der Waals surface area contributed by atoms with Crippen molar-refractivity contribution in [3.63, 3.8) is 0 Å². The van der Waals surface area contributed by atoms with Gasteiger partial charge in [0.2, 0.25) is 0 Å². The van der Waals surface area contributed by atoms with Gasteiger partial charge >= 0.3 is 0 Å². The van der Waals surface area contributed by atoms with E-state index in [1.807, 2.05) is 91.0 Å². The summed E-state index contributed by atoms with van der Waals surface area (Å²) in [5.41, 5.74) is 3.60. The van der Waals surface area contributed by atoms with Gasteiger partial charge in [0.05, 0.1) is 28.1 Å². The minimum absolute atomic E-state index is 0.102. The molecule has 7 nitrogen and oxygen atoms in total. The molecule has 6 rings (SSSR count). The molecule has 0 fully saturated rings. The maximum absolute atomic E-state index is 12.9. The fourth-order valence-electron chi connectivity index (χ4n) is 4.29. The van der Waals surface area contributed by atoms with Crippen LogP contribution in [0, 0.1) is 0 Å². The van der Waals surface area contributed by atoms with Crippen LogP contribution in [-0.2, 0) is 11.2 Å². The van der Waals surface area contributed by atoms with E-state index in [2.05, 4.69) is 20.3 Å². The summed E-state index contributed by atoms with van der Waals surface area (Å²) < 4.78 is 5.80. The first-order valence-electron chi connectivity index (χ1n) is 11.5. The van der Waals surface area contributed by atoms with Gasteiger partial charge in [-0.3, -0.25) is 4.79 Å². The van der Waals surface area contributed by atoms with Crippen LogP contribution in [0.15, 0.2) is 91.0 Å². The molecule has 172 valence electrons. The van der Waals surface area contributed by atoms with Gasteiger partial charge in [-0.2, -0.15) is 0 Å². The Morgan fingerprint density at radius 1 is 0.800 bits per heavy atom. The van der Waals surface area contributed by atoms with Crippen molar-refractivity contribution in [3.8, 4) is 5.75 Å². The zero-order valence-corrected chi connectivity index (χ0v) is 18.9. The summed E-state index contributed by atoms with van der Waals surface area (Å²) in [6.45, 7) is -0.102. The molecule has 0 bridgehead atoms. The van der Waals surface area contributed by atoms with Crippen LogP contribution in [0.25, 0.3) is 32.8 Å². The molecule has 1 unspecified atom stereocenters. The number of amides is 1. The maximum atomic E-state index is 12.9. The summed E-state index contributed by atoms with van der Waals surface area (Å²) in [5.74, 6) is 1.86. The second-order valence-corrected chi connectivity index (χ2v) is 8.46. The van der Waals surface area contributed by atoms with Crippen molar-refractivity contribution in [1.82, 2.24) is 25.3 Å². The van der Waals surface area contributed by atoms with Crippen molar-refractivity contribution >= 4 is 38.7 Å². The summed E-state index contributed by atoms with van der Waals surface area (Å²) in [4.78, 5) is 29.0. The number of nitrogens with one attached hydrogen (secondary N) is 3. The fraction of sp³-hybridized carbons (Fsp3) is 0.107. The largest absolute Gasteiger partial charge is 0.484 e. The molecule has 2 heterocycles. The third kappa shape index (κ3) is 4.44. The summed E-state index contributed by atoms with van der Waals surface area (Å²) in [5, 5.41) is 5.27. The molecule has 6 aromatic rings. The van der Waals surface area contributed by atoms with Gasteiger partial charge in [0.25, 0.3) is 5.91 Å². The van der Waals surface area contributed by atoms with E-state index in [4.69, 9.17) is 9.72 Å². The lowest BCUT2D eigenvalue weighted by atomic mass is 10.1. The maximum Gasteiger partial charge on any atom is 0.258 e. The van der Waals surface area contributed by atoms with E-state index in [9.17, 15) is 4.79 Å². The molecule has 0 radical (unpaired) electrons.